The van der Waals surface area contributed by atoms with Crippen LogP contribution >= 0.6 is 0 Å². The first kappa shape index (κ1) is 25.2. The van der Waals surface area contributed by atoms with Gasteiger partial charge < -0.3 is 14.2 Å². The number of hydrogen-bond acceptors (Lipinski definition) is 5. The van der Waals surface area contributed by atoms with Crippen LogP contribution in [0.15, 0.2) is 122 Å². The summed E-state index contributed by atoms with van der Waals surface area (Å²) in [4.78, 5) is 23.8. The zero-order chi connectivity index (χ0) is 25.9. The summed E-state index contributed by atoms with van der Waals surface area (Å²) in [5, 5.41) is 0. The number of carbonyl (C=O) groups is 2. The van der Waals surface area contributed by atoms with E-state index in [-0.39, 0.29) is 13.2 Å². The molecule has 0 aliphatic carbocycles. The molecule has 0 unspecified atom stereocenters. The van der Waals surface area contributed by atoms with Crippen LogP contribution in [0, 0.1) is 0 Å². The Morgan fingerprint density at radius 2 is 1.43 bits per heavy atom. The van der Waals surface area contributed by atoms with Crippen LogP contribution in [-0.4, -0.2) is 11.9 Å². The molecule has 37 heavy (non-hydrogen) atoms. The fourth-order valence-electron chi connectivity index (χ4n) is 3.64. The number of esters is 2. The van der Waals surface area contributed by atoms with Crippen molar-refractivity contribution < 1.29 is 23.8 Å². The molecule has 0 saturated heterocycles. The second-order valence-corrected chi connectivity index (χ2v) is 8.10. The van der Waals surface area contributed by atoms with E-state index in [0.717, 1.165) is 39.6 Å². The van der Waals surface area contributed by atoms with Gasteiger partial charge in [-0.15, -0.1) is 0 Å². The number of rotatable bonds is 10. The van der Waals surface area contributed by atoms with Gasteiger partial charge in [-0.2, -0.15) is 0 Å². The molecular formula is C32H26O5. The molecule has 184 valence electrons. The topological polar surface area (TPSA) is 61.8 Å². The Morgan fingerprint density at radius 3 is 2.27 bits per heavy atom. The molecule has 0 aliphatic heterocycles. The summed E-state index contributed by atoms with van der Waals surface area (Å²) in [5.41, 5.74) is 4.42. The summed E-state index contributed by atoms with van der Waals surface area (Å²) in [7, 11) is 0. The molecule has 0 heterocycles. The van der Waals surface area contributed by atoms with Gasteiger partial charge in [0.15, 0.2) is 0 Å². The lowest BCUT2D eigenvalue weighted by atomic mass is 9.98. The molecule has 4 rings (SSSR count). The van der Waals surface area contributed by atoms with Gasteiger partial charge in [0, 0.05) is 12.2 Å². The molecule has 0 radical (unpaired) electrons. The van der Waals surface area contributed by atoms with E-state index in [9.17, 15) is 9.59 Å². The van der Waals surface area contributed by atoms with Gasteiger partial charge in [-0.3, -0.25) is 0 Å². The van der Waals surface area contributed by atoms with Gasteiger partial charge in [0.05, 0.1) is 0 Å². The van der Waals surface area contributed by atoms with E-state index in [1.54, 1.807) is 6.08 Å². The molecule has 0 saturated carbocycles. The first-order valence-electron chi connectivity index (χ1n) is 11.7. The first-order valence-corrected chi connectivity index (χ1v) is 11.7. The highest BCUT2D eigenvalue weighted by molar-refractivity contribution is 5.87. The lowest BCUT2D eigenvalue weighted by Crippen LogP contribution is -2.01. The van der Waals surface area contributed by atoms with Gasteiger partial charge in [0.2, 0.25) is 0 Å². The molecule has 0 aromatic heterocycles. The van der Waals surface area contributed by atoms with Crippen LogP contribution in [0.3, 0.4) is 0 Å². The van der Waals surface area contributed by atoms with Gasteiger partial charge in [-0.25, -0.2) is 9.59 Å². The minimum absolute atomic E-state index is 0.131. The van der Waals surface area contributed by atoms with Gasteiger partial charge in [-0.05, 0) is 64.2 Å². The molecule has 0 bridgehead atoms. The quantitative estimate of drug-likeness (QED) is 0.175. The van der Waals surface area contributed by atoms with Crippen molar-refractivity contribution in [2.75, 3.05) is 0 Å². The molecule has 4 aromatic carbocycles. The van der Waals surface area contributed by atoms with Crippen LogP contribution in [0.5, 0.6) is 11.5 Å². The standard InChI is InChI=1S/C32H26O5/c1-2-31(33)36-23-27-12-6-7-17-30(27)26-13-8-10-24(20-26)18-19-32(34)35-22-25-11-9-16-29(21-25)37-28-14-4-3-5-15-28/h2-21H,1,22-23H2. The summed E-state index contributed by atoms with van der Waals surface area (Å²) in [6.07, 6.45) is 4.25. The maximum absolute atomic E-state index is 12.4. The van der Waals surface area contributed by atoms with Gasteiger partial charge >= 0.3 is 11.9 Å². The van der Waals surface area contributed by atoms with Crippen molar-refractivity contribution in [2.45, 2.75) is 13.2 Å². The predicted molar refractivity (Wildman–Crippen MR) is 144 cm³/mol. The average Bonchev–Trinajstić information content (AvgIpc) is 2.94. The van der Waals surface area contributed by atoms with Crippen LogP contribution in [0.2, 0.25) is 0 Å². The van der Waals surface area contributed by atoms with E-state index >= 15 is 0 Å². The number of benzene rings is 4. The van der Waals surface area contributed by atoms with Crippen LogP contribution in [0.25, 0.3) is 17.2 Å². The predicted octanol–water partition coefficient (Wildman–Crippen LogP) is 7.13. The second kappa shape index (κ2) is 12.7. The summed E-state index contributed by atoms with van der Waals surface area (Å²) in [5.74, 6) is 0.492. The van der Waals surface area contributed by atoms with Crippen molar-refractivity contribution in [3.8, 4) is 22.6 Å². The molecule has 0 spiro atoms. The molecular weight excluding hydrogens is 464 g/mol. The van der Waals surface area contributed by atoms with Crippen molar-refractivity contribution in [3.05, 3.63) is 139 Å². The van der Waals surface area contributed by atoms with Crippen LogP contribution < -0.4 is 4.74 Å². The monoisotopic (exact) mass is 490 g/mol. The van der Waals surface area contributed by atoms with Crippen LogP contribution in [-0.2, 0) is 32.3 Å². The van der Waals surface area contributed by atoms with Crippen molar-refractivity contribution in [3.63, 3.8) is 0 Å². The van der Waals surface area contributed by atoms with Gasteiger partial charge in [0.1, 0.15) is 24.7 Å². The average molecular weight is 491 g/mol. The van der Waals surface area contributed by atoms with Crippen LogP contribution in [0.4, 0.5) is 0 Å². The fraction of sp³-hybridized carbons (Fsp3) is 0.0625. The SMILES string of the molecule is C=CC(=O)OCc1ccccc1-c1cccc(C=CC(=O)OCc2cccc(Oc3ccccc3)c2)c1. The molecule has 0 fully saturated rings. The minimum Gasteiger partial charge on any atom is -0.458 e. The Bertz CT molecular complexity index is 1410. The van der Waals surface area contributed by atoms with Crippen LogP contribution in [0.1, 0.15) is 16.7 Å². The number of para-hydroxylation sites is 1. The lowest BCUT2D eigenvalue weighted by Gasteiger charge is -2.10. The van der Waals surface area contributed by atoms with Crippen molar-refractivity contribution >= 4 is 18.0 Å². The Balaban J connectivity index is 1.37. The molecule has 0 atom stereocenters. The summed E-state index contributed by atoms with van der Waals surface area (Å²) >= 11 is 0. The third-order valence-corrected chi connectivity index (χ3v) is 5.42. The Labute approximate surface area is 216 Å². The highest BCUT2D eigenvalue weighted by Gasteiger charge is 2.07. The Hall–Kier alpha value is -4.90. The molecule has 5 nitrogen and oxygen atoms in total. The second-order valence-electron chi connectivity index (χ2n) is 8.10. The lowest BCUT2D eigenvalue weighted by molar-refractivity contribution is -0.139. The van der Waals surface area contributed by atoms with E-state index in [4.69, 9.17) is 14.2 Å². The number of ether oxygens (including phenoxy) is 3. The van der Waals surface area contributed by atoms with E-state index in [1.807, 2.05) is 103 Å². The highest BCUT2D eigenvalue weighted by Crippen LogP contribution is 2.26. The van der Waals surface area contributed by atoms with Gasteiger partial charge in [-0.1, -0.05) is 79.4 Å². The molecule has 0 amide bonds. The summed E-state index contributed by atoms with van der Waals surface area (Å²) < 4.78 is 16.5. The zero-order valence-electron chi connectivity index (χ0n) is 20.2. The number of hydrogen-bond donors (Lipinski definition) is 0. The third-order valence-electron chi connectivity index (χ3n) is 5.42. The minimum atomic E-state index is -0.472. The summed E-state index contributed by atoms with van der Waals surface area (Å²) in [6, 6.07) is 32.4. The van der Waals surface area contributed by atoms with Crippen molar-refractivity contribution in [2.24, 2.45) is 0 Å². The number of carbonyl (C=O) groups excluding carboxylic acids is 2. The fourth-order valence-corrected chi connectivity index (χ4v) is 3.64. The molecule has 4 aromatic rings. The molecule has 5 heteroatoms. The van der Waals surface area contributed by atoms with E-state index in [0.29, 0.717) is 5.75 Å². The third kappa shape index (κ3) is 7.54. The van der Waals surface area contributed by atoms with E-state index < -0.39 is 11.9 Å². The maximum Gasteiger partial charge on any atom is 0.331 e. The van der Waals surface area contributed by atoms with Gasteiger partial charge in [0.25, 0.3) is 0 Å². The van der Waals surface area contributed by atoms with Crippen molar-refractivity contribution in [1.82, 2.24) is 0 Å². The maximum atomic E-state index is 12.4. The smallest absolute Gasteiger partial charge is 0.331 e. The Morgan fingerprint density at radius 1 is 0.703 bits per heavy atom. The van der Waals surface area contributed by atoms with Crippen molar-refractivity contribution in [1.29, 1.82) is 0 Å². The summed E-state index contributed by atoms with van der Waals surface area (Å²) in [6.45, 7) is 3.70. The first-order chi connectivity index (χ1) is 18.1. The normalized spacial score (nSPS) is 10.6. The highest BCUT2D eigenvalue weighted by atomic mass is 16.5. The van der Waals surface area contributed by atoms with E-state index in [1.165, 1.54) is 6.08 Å². The zero-order valence-corrected chi connectivity index (χ0v) is 20.2. The molecule has 0 aliphatic rings. The van der Waals surface area contributed by atoms with E-state index in [2.05, 4.69) is 6.58 Å². The molecule has 0 N–H and O–H groups in total. The largest absolute Gasteiger partial charge is 0.458 e. The Kier molecular flexibility index (Phi) is 8.65.